The van der Waals surface area contributed by atoms with Crippen molar-refractivity contribution >= 4 is 5.97 Å². The zero-order valence-electron chi connectivity index (χ0n) is 7.19. The fraction of sp³-hybridized carbons (Fsp3) is 0.667. The monoisotopic (exact) mass is 170 g/mol. The lowest BCUT2D eigenvalue weighted by Crippen LogP contribution is -2.15. The smallest absolute Gasteiger partial charge is 0.306 e. The number of hydrogen-bond acceptors (Lipinski definition) is 2. The molecule has 2 unspecified atom stereocenters. The second-order valence-corrected chi connectivity index (χ2v) is 3.03. The predicted molar refractivity (Wildman–Crippen MR) is 44.9 cm³/mol. The van der Waals surface area contributed by atoms with Crippen LogP contribution in [0.25, 0.3) is 0 Å². The molecular weight excluding hydrogens is 156 g/mol. The van der Waals surface area contributed by atoms with Gasteiger partial charge >= 0.3 is 5.97 Å². The molecule has 0 aromatic heterocycles. The minimum absolute atomic E-state index is 0.205. The molecule has 0 bridgehead atoms. The van der Waals surface area contributed by atoms with Gasteiger partial charge in [0.2, 0.25) is 0 Å². The van der Waals surface area contributed by atoms with E-state index in [0.29, 0.717) is 12.8 Å². The zero-order chi connectivity index (χ0) is 8.97. The molecule has 12 heavy (non-hydrogen) atoms. The van der Waals surface area contributed by atoms with Crippen molar-refractivity contribution in [2.24, 2.45) is 5.92 Å². The summed E-state index contributed by atoms with van der Waals surface area (Å²) >= 11 is 0. The molecule has 1 aliphatic rings. The summed E-state index contributed by atoms with van der Waals surface area (Å²) in [6.45, 7) is 2.63. The molecule has 1 saturated heterocycles. The molecule has 3 nitrogen and oxygen atoms in total. The first-order valence-electron chi connectivity index (χ1n) is 4.19. The molecule has 1 N–H and O–H groups in total. The van der Waals surface area contributed by atoms with E-state index in [1.165, 1.54) is 0 Å². The third kappa shape index (κ3) is 3.05. The molecule has 0 aromatic rings. The highest BCUT2D eigenvalue weighted by Gasteiger charge is 2.29. The van der Waals surface area contributed by atoms with E-state index in [-0.39, 0.29) is 12.0 Å². The third-order valence-electron chi connectivity index (χ3n) is 1.96. The van der Waals surface area contributed by atoms with Crippen molar-refractivity contribution in [2.45, 2.75) is 25.9 Å². The molecule has 2 atom stereocenters. The maximum absolute atomic E-state index is 10.7. The van der Waals surface area contributed by atoms with Crippen molar-refractivity contribution in [3.05, 3.63) is 12.2 Å². The largest absolute Gasteiger partial charge is 0.481 e. The number of hydrogen-bond donors (Lipinski definition) is 1. The van der Waals surface area contributed by atoms with E-state index in [2.05, 4.69) is 0 Å². The second-order valence-electron chi connectivity index (χ2n) is 3.03. The van der Waals surface area contributed by atoms with E-state index in [0.717, 1.165) is 6.61 Å². The number of allylic oxidation sites excluding steroid dienone is 2. The van der Waals surface area contributed by atoms with Crippen LogP contribution in [0.15, 0.2) is 12.2 Å². The Morgan fingerprint density at radius 2 is 2.50 bits per heavy atom. The van der Waals surface area contributed by atoms with E-state index in [9.17, 15) is 4.79 Å². The number of carboxylic acids is 1. The van der Waals surface area contributed by atoms with Crippen LogP contribution in [0.1, 0.15) is 19.8 Å². The van der Waals surface area contributed by atoms with E-state index >= 15 is 0 Å². The minimum atomic E-state index is -0.719. The van der Waals surface area contributed by atoms with Crippen LogP contribution in [-0.4, -0.2) is 23.8 Å². The first kappa shape index (κ1) is 9.26. The van der Waals surface area contributed by atoms with Gasteiger partial charge in [0.15, 0.2) is 0 Å². The summed E-state index contributed by atoms with van der Waals surface area (Å²) in [4.78, 5) is 10.7. The SMILES string of the molecule is C/C=C/CC(CC1CO1)C(=O)O. The minimum Gasteiger partial charge on any atom is -0.481 e. The molecule has 3 heteroatoms. The maximum atomic E-state index is 10.7. The molecule has 68 valence electrons. The van der Waals surface area contributed by atoms with Crippen molar-refractivity contribution in [1.29, 1.82) is 0 Å². The summed E-state index contributed by atoms with van der Waals surface area (Å²) in [6, 6.07) is 0. The summed E-state index contributed by atoms with van der Waals surface area (Å²) in [5.74, 6) is -0.989. The Balaban J connectivity index is 2.30. The first-order chi connectivity index (χ1) is 5.74. The van der Waals surface area contributed by atoms with Gasteiger partial charge in [-0.3, -0.25) is 4.79 Å². The Labute approximate surface area is 72.0 Å². The Bertz CT molecular complexity index is 182. The highest BCUT2D eigenvalue weighted by atomic mass is 16.6. The first-order valence-corrected chi connectivity index (χ1v) is 4.19. The third-order valence-corrected chi connectivity index (χ3v) is 1.96. The van der Waals surface area contributed by atoms with Gasteiger partial charge in [0, 0.05) is 0 Å². The molecule has 0 aromatic carbocycles. The molecular formula is C9H14O3. The van der Waals surface area contributed by atoms with E-state index < -0.39 is 5.97 Å². The van der Waals surface area contributed by atoms with Crippen LogP contribution in [0.5, 0.6) is 0 Å². The predicted octanol–water partition coefficient (Wildman–Crippen LogP) is 1.44. The quantitative estimate of drug-likeness (QED) is 0.501. The molecule has 0 saturated carbocycles. The molecule has 1 aliphatic heterocycles. The lowest BCUT2D eigenvalue weighted by molar-refractivity contribution is -0.142. The van der Waals surface area contributed by atoms with Crippen molar-refractivity contribution in [3.8, 4) is 0 Å². The number of ether oxygens (including phenoxy) is 1. The highest BCUT2D eigenvalue weighted by Crippen LogP contribution is 2.22. The number of rotatable bonds is 5. The van der Waals surface area contributed by atoms with Gasteiger partial charge in [-0.15, -0.1) is 0 Å². The molecule has 0 radical (unpaired) electrons. The Hall–Kier alpha value is -0.830. The lowest BCUT2D eigenvalue weighted by atomic mass is 10.00. The van der Waals surface area contributed by atoms with Crippen LogP contribution in [0, 0.1) is 5.92 Å². The lowest BCUT2D eigenvalue weighted by Gasteiger charge is -2.06. The Morgan fingerprint density at radius 1 is 1.83 bits per heavy atom. The van der Waals surface area contributed by atoms with Crippen molar-refractivity contribution in [1.82, 2.24) is 0 Å². The molecule has 1 fully saturated rings. The van der Waals surface area contributed by atoms with Crippen LogP contribution in [0.2, 0.25) is 0 Å². The number of carbonyl (C=O) groups is 1. The Kier molecular flexibility index (Phi) is 3.29. The highest BCUT2D eigenvalue weighted by molar-refractivity contribution is 5.70. The van der Waals surface area contributed by atoms with Gasteiger partial charge in [-0.1, -0.05) is 12.2 Å². The molecule has 0 amide bonds. The summed E-state index contributed by atoms with van der Waals surface area (Å²) in [5.41, 5.74) is 0. The number of epoxide rings is 1. The van der Waals surface area contributed by atoms with Gasteiger partial charge in [-0.05, 0) is 19.8 Å². The molecule has 1 heterocycles. The van der Waals surface area contributed by atoms with Gasteiger partial charge in [0.25, 0.3) is 0 Å². The second kappa shape index (κ2) is 4.26. The molecule has 1 rings (SSSR count). The average molecular weight is 170 g/mol. The van der Waals surface area contributed by atoms with Crippen LogP contribution >= 0.6 is 0 Å². The molecule has 0 spiro atoms. The standard InChI is InChI=1S/C9H14O3/c1-2-3-4-7(9(10)11)5-8-6-12-8/h2-3,7-8H,4-6H2,1H3,(H,10,11)/b3-2+. The summed E-state index contributed by atoms with van der Waals surface area (Å²) in [7, 11) is 0. The van der Waals surface area contributed by atoms with Gasteiger partial charge in [-0.25, -0.2) is 0 Å². The summed E-state index contributed by atoms with van der Waals surface area (Å²) < 4.78 is 4.98. The van der Waals surface area contributed by atoms with E-state index in [1.54, 1.807) is 0 Å². The van der Waals surface area contributed by atoms with E-state index in [1.807, 2.05) is 19.1 Å². The van der Waals surface area contributed by atoms with Crippen LogP contribution in [0.4, 0.5) is 0 Å². The summed E-state index contributed by atoms with van der Waals surface area (Å²) in [6.07, 6.45) is 5.24. The topological polar surface area (TPSA) is 49.8 Å². The van der Waals surface area contributed by atoms with Gasteiger partial charge in [0.05, 0.1) is 18.6 Å². The number of aliphatic carboxylic acids is 1. The maximum Gasteiger partial charge on any atom is 0.306 e. The van der Waals surface area contributed by atoms with Crippen LogP contribution < -0.4 is 0 Å². The van der Waals surface area contributed by atoms with Crippen LogP contribution in [0.3, 0.4) is 0 Å². The van der Waals surface area contributed by atoms with Gasteiger partial charge in [0.1, 0.15) is 0 Å². The summed E-state index contributed by atoms with van der Waals surface area (Å²) in [5, 5.41) is 8.79. The van der Waals surface area contributed by atoms with Crippen molar-refractivity contribution in [2.75, 3.05) is 6.61 Å². The molecule has 0 aliphatic carbocycles. The van der Waals surface area contributed by atoms with Crippen molar-refractivity contribution in [3.63, 3.8) is 0 Å². The fourth-order valence-corrected chi connectivity index (χ4v) is 1.12. The number of carboxylic acid groups (broad SMARTS) is 1. The Morgan fingerprint density at radius 3 is 2.92 bits per heavy atom. The average Bonchev–Trinajstić information content (AvgIpc) is 2.80. The normalized spacial score (nSPS) is 24.2. The zero-order valence-corrected chi connectivity index (χ0v) is 7.19. The van der Waals surface area contributed by atoms with Crippen molar-refractivity contribution < 1.29 is 14.6 Å². The van der Waals surface area contributed by atoms with Gasteiger partial charge in [-0.2, -0.15) is 0 Å². The van der Waals surface area contributed by atoms with Gasteiger partial charge < -0.3 is 9.84 Å². The fourth-order valence-electron chi connectivity index (χ4n) is 1.12. The van der Waals surface area contributed by atoms with Crippen LogP contribution in [-0.2, 0) is 9.53 Å². The van der Waals surface area contributed by atoms with E-state index in [4.69, 9.17) is 9.84 Å².